The molecule has 0 aliphatic heterocycles. The molecule has 1 N–H and O–H groups in total. The van der Waals surface area contributed by atoms with Gasteiger partial charge in [-0.15, -0.1) is 6.42 Å². The van der Waals surface area contributed by atoms with E-state index in [4.69, 9.17) is 21.0 Å². The third-order valence-corrected chi connectivity index (χ3v) is 2.60. The molecule has 0 aliphatic rings. The highest BCUT2D eigenvalue weighted by Gasteiger charge is 2.13. The number of hydrogen-bond acceptors (Lipinski definition) is 4. The average Bonchev–Trinajstić information content (AvgIpc) is 2.42. The molecule has 19 heavy (non-hydrogen) atoms. The number of aliphatic carboxylic acids is 1. The van der Waals surface area contributed by atoms with Gasteiger partial charge in [0.05, 0.1) is 32.9 Å². The van der Waals surface area contributed by atoms with E-state index >= 15 is 0 Å². The molecular weight excluding hydrogens is 246 g/mol. The number of carboxylic acid groups (broad SMARTS) is 1. The van der Waals surface area contributed by atoms with E-state index in [0.717, 1.165) is 5.69 Å². The number of nitrogens with zero attached hydrogens (tertiary/aromatic N) is 1. The van der Waals surface area contributed by atoms with E-state index in [1.165, 1.54) is 0 Å². The first-order valence-electron chi connectivity index (χ1n) is 5.74. The number of ether oxygens (including phenoxy) is 2. The zero-order chi connectivity index (χ0) is 14.3. The molecule has 0 radical (unpaired) electrons. The fraction of sp³-hybridized carbons (Fsp3) is 0.357. The molecular formula is C14H17NO4. The maximum atomic E-state index is 10.7. The van der Waals surface area contributed by atoms with Gasteiger partial charge in [0, 0.05) is 12.6 Å². The highest BCUT2D eigenvalue weighted by atomic mass is 16.5. The topological polar surface area (TPSA) is 59.0 Å². The highest BCUT2D eigenvalue weighted by Crippen LogP contribution is 2.32. The van der Waals surface area contributed by atoms with E-state index in [2.05, 4.69) is 5.92 Å². The summed E-state index contributed by atoms with van der Waals surface area (Å²) in [6, 6.07) is 5.31. The van der Waals surface area contributed by atoms with Crippen LogP contribution in [0.4, 0.5) is 5.69 Å². The summed E-state index contributed by atoms with van der Waals surface area (Å²) in [6.45, 7) is 0.611. The SMILES string of the molecule is C#CCN(CCC(=O)O)c1cc(OC)ccc1OC. The Morgan fingerprint density at radius 1 is 1.42 bits per heavy atom. The number of benzene rings is 1. The smallest absolute Gasteiger partial charge is 0.305 e. The van der Waals surface area contributed by atoms with Gasteiger partial charge in [-0.05, 0) is 12.1 Å². The van der Waals surface area contributed by atoms with Crippen LogP contribution in [0.5, 0.6) is 11.5 Å². The van der Waals surface area contributed by atoms with Crippen molar-refractivity contribution in [3.63, 3.8) is 0 Å². The van der Waals surface area contributed by atoms with Crippen molar-refractivity contribution >= 4 is 11.7 Å². The van der Waals surface area contributed by atoms with Crippen LogP contribution in [0.3, 0.4) is 0 Å². The fourth-order valence-corrected chi connectivity index (χ4v) is 1.67. The van der Waals surface area contributed by atoms with E-state index in [-0.39, 0.29) is 6.42 Å². The molecule has 0 saturated carbocycles. The maximum Gasteiger partial charge on any atom is 0.305 e. The number of terminal acetylenes is 1. The third kappa shape index (κ3) is 4.11. The Morgan fingerprint density at radius 3 is 2.68 bits per heavy atom. The number of rotatable bonds is 7. The van der Waals surface area contributed by atoms with Crippen LogP contribution in [0.1, 0.15) is 6.42 Å². The van der Waals surface area contributed by atoms with Crippen molar-refractivity contribution in [3.05, 3.63) is 18.2 Å². The molecule has 0 amide bonds. The molecule has 0 unspecified atom stereocenters. The van der Waals surface area contributed by atoms with Crippen molar-refractivity contribution in [1.29, 1.82) is 0 Å². The Hall–Kier alpha value is -2.35. The molecule has 1 aromatic carbocycles. The zero-order valence-electron chi connectivity index (χ0n) is 11.0. The molecule has 0 fully saturated rings. The van der Waals surface area contributed by atoms with Crippen LogP contribution in [0.15, 0.2) is 18.2 Å². The summed E-state index contributed by atoms with van der Waals surface area (Å²) in [7, 11) is 3.12. The van der Waals surface area contributed by atoms with Gasteiger partial charge in [0.15, 0.2) is 0 Å². The number of anilines is 1. The minimum absolute atomic E-state index is 0.00203. The van der Waals surface area contributed by atoms with E-state index in [1.807, 2.05) is 0 Å². The Labute approximate surface area is 112 Å². The molecule has 0 spiro atoms. The number of carboxylic acids is 1. The van der Waals surface area contributed by atoms with Gasteiger partial charge in [-0.2, -0.15) is 0 Å². The predicted molar refractivity (Wildman–Crippen MR) is 72.8 cm³/mol. The van der Waals surface area contributed by atoms with E-state index < -0.39 is 5.97 Å². The lowest BCUT2D eigenvalue weighted by Crippen LogP contribution is -2.27. The van der Waals surface area contributed by atoms with Gasteiger partial charge < -0.3 is 19.5 Å². The lowest BCUT2D eigenvalue weighted by molar-refractivity contribution is -0.136. The van der Waals surface area contributed by atoms with Crippen molar-refractivity contribution in [2.45, 2.75) is 6.42 Å². The van der Waals surface area contributed by atoms with E-state index in [9.17, 15) is 4.79 Å². The molecule has 102 valence electrons. The van der Waals surface area contributed by atoms with Gasteiger partial charge in [-0.3, -0.25) is 4.79 Å². The van der Waals surface area contributed by atoms with Gasteiger partial charge in [0.25, 0.3) is 0 Å². The molecule has 0 saturated heterocycles. The van der Waals surface area contributed by atoms with Crippen molar-refractivity contribution in [1.82, 2.24) is 0 Å². The van der Waals surface area contributed by atoms with E-state index in [1.54, 1.807) is 37.3 Å². The van der Waals surface area contributed by atoms with Crippen molar-refractivity contribution < 1.29 is 19.4 Å². The van der Waals surface area contributed by atoms with E-state index in [0.29, 0.717) is 24.6 Å². The lowest BCUT2D eigenvalue weighted by Gasteiger charge is -2.24. The Kier molecular flexibility index (Phi) is 5.55. The molecule has 0 aliphatic carbocycles. The van der Waals surface area contributed by atoms with Crippen molar-refractivity contribution in [2.24, 2.45) is 0 Å². The second-order valence-electron chi connectivity index (χ2n) is 3.81. The first-order chi connectivity index (χ1) is 9.12. The van der Waals surface area contributed by atoms with Crippen LogP contribution in [-0.4, -0.2) is 38.4 Å². The molecule has 5 heteroatoms. The monoisotopic (exact) mass is 263 g/mol. The molecule has 0 bridgehead atoms. The Balaban J connectivity index is 3.05. The first kappa shape index (κ1) is 14.7. The molecule has 0 aromatic heterocycles. The zero-order valence-corrected chi connectivity index (χ0v) is 11.0. The molecule has 5 nitrogen and oxygen atoms in total. The van der Waals surface area contributed by atoms with Crippen molar-refractivity contribution in [2.75, 3.05) is 32.2 Å². The van der Waals surface area contributed by atoms with Crippen LogP contribution < -0.4 is 14.4 Å². The van der Waals surface area contributed by atoms with Gasteiger partial charge >= 0.3 is 5.97 Å². The van der Waals surface area contributed by atoms with Crippen LogP contribution in [0.2, 0.25) is 0 Å². The summed E-state index contributed by atoms with van der Waals surface area (Å²) in [5.41, 5.74) is 0.723. The lowest BCUT2D eigenvalue weighted by atomic mass is 10.2. The molecule has 0 atom stereocenters. The summed E-state index contributed by atoms with van der Waals surface area (Å²) in [5, 5.41) is 8.77. The van der Waals surface area contributed by atoms with Gasteiger partial charge in [-0.25, -0.2) is 0 Å². The average molecular weight is 263 g/mol. The predicted octanol–water partition coefficient (Wildman–Crippen LogP) is 1.62. The fourth-order valence-electron chi connectivity index (χ4n) is 1.67. The molecule has 0 heterocycles. The second kappa shape index (κ2) is 7.17. The normalized spacial score (nSPS) is 9.53. The largest absolute Gasteiger partial charge is 0.497 e. The second-order valence-corrected chi connectivity index (χ2v) is 3.81. The number of hydrogen-bond donors (Lipinski definition) is 1. The van der Waals surface area contributed by atoms with Gasteiger partial charge in [-0.1, -0.05) is 5.92 Å². The highest BCUT2D eigenvalue weighted by molar-refractivity contribution is 5.69. The van der Waals surface area contributed by atoms with Crippen LogP contribution in [-0.2, 0) is 4.79 Å². The van der Waals surface area contributed by atoms with Crippen molar-refractivity contribution in [3.8, 4) is 23.8 Å². The molecule has 1 aromatic rings. The summed E-state index contributed by atoms with van der Waals surface area (Å²) >= 11 is 0. The summed E-state index contributed by atoms with van der Waals surface area (Å²) in [4.78, 5) is 12.5. The summed E-state index contributed by atoms with van der Waals surface area (Å²) in [6.07, 6.45) is 5.33. The van der Waals surface area contributed by atoms with Gasteiger partial charge in [0.1, 0.15) is 11.5 Å². The Bertz CT molecular complexity index is 479. The maximum absolute atomic E-state index is 10.7. The Morgan fingerprint density at radius 2 is 2.16 bits per heavy atom. The summed E-state index contributed by atoms with van der Waals surface area (Å²) < 4.78 is 10.4. The summed E-state index contributed by atoms with van der Waals surface area (Å²) in [5.74, 6) is 2.93. The van der Waals surface area contributed by atoms with Crippen LogP contribution in [0, 0.1) is 12.3 Å². The minimum atomic E-state index is -0.871. The number of methoxy groups -OCH3 is 2. The van der Waals surface area contributed by atoms with Crippen LogP contribution in [0.25, 0.3) is 0 Å². The molecule has 1 rings (SSSR count). The third-order valence-electron chi connectivity index (χ3n) is 2.60. The number of carbonyl (C=O) groups is 1. The van der Waals surface area contributed by atoms with Gasteiger partial charge in [0.2, 0.25) is 0 Å². The standard InChI is InChI=1S/C14H17NO4/c1-4-8-15(9-7-14(16)17)12-10-11(18-2)5-6-13(12)19-3/h1,5-6,10H,7-9H2,2-3H3,(H,16,17). The minimum Gasteiger partial charge on any atom is -0.497 e. The first-order valence-corrected chi connectivity index (χ1v) is 5.74. The quantitative estimate of drug-likeness (QED) is 0.757. The van der Waals surface area contributed by atoms with Crippen LogP contribution >= 0.6 is 0 Å².